The second-order valence-electron chi connectivity index (χ2n) is 3.06. The summed E-state index contributed by atoms with van der Waals surface area (Å²) in [6.45, 7) is 0. The Morgan fingerprint density at radius 1 is 1.18 bits per heavy atom. The van der Waals surface area contributed by atoms with Crippen molar-refractivity contribution in [3.8, 4) is 0 Å². The average Bonchev–Trinajstić information content (AvgIpc) is 2.37. The van der Waals surface area contributed by atoms with Gasteiger partial charge >= 0.3 is 11.9 Å². The van der Waals surface area contributed by atoms with Crippen LogP contribution in [0.2, 0.25) is 0 Å². The van der Waals surface area contributed by atoms with Crippen LogP contribution in [0.15, 0.2) is 29.3 Å². The van der Waals surface area contributed by atoms with E-state index >= 15 is 0 Å². The predicted molar refractivity (Wildman–Crippen MR) is 63.6 cm³/mol. The number of hydrogen-bond acceptors (Lipinski definition) is 4. The largest absolute Gasteiger partial charge is 0.465 e. The average molecular weight is 255 g/mol. The Labute approximate surface area is 104 Å². The summed E-state index contributed by atoms with van der Waals surface area (Å²) in [6.07, 6.45) is 1.36. The quantitative estimate of drug-likeness (QED) is 0.613. The number of rotatable bonds is 3. The molecular weight excluding hydrogens is 244 g/mol. The lowest BCUT2D eigenvalue weighted by molar-refractivity contribution is -0.135. The van der Waals surface area contributed by atoms with Gasteiger partial charge in [0.1, 0.15) is 5.03 Å². The topological polar surface area (TPSA) is 52.6 Å². The molecule has 1 aromatic carbocycles. The maximum Gasteiger partial charge on any atom is 0.349 e. The fourth-order valence-corrected chi connectivity index (χ4v) is 1.41. The molecule has 0 bridgehead atoms. The summed E-state index contributed by atoms with van der Waals surface area (Å²) in [6, 6.07) is 6.64. The Kier molecular flexibility index (Phi) is 4.72. The Hall–Kier alpha value is -1.81. The molecule has 0 saturated heterocycles. The van der Waals surface area contributed by atoms with Crippen molar-refractivity contribution in [2.75, 3.05) is 14.2 Å². The Morgan fingerprint density at radius 2 is 1.82 bits per heavy atom. The van der Waals surface area contributed by atoms with Crippen molar-refractivity contribution < 1.29 is 19.1 Å². The third-order valence-corrected chi connectivity index (χ3v) is 2.29. The number of esters is 2. The van der Waals surface area contributed by atoms with E-state index in [0.717, 1.165) is 0 Å². The minimum atomic E-state index is -0.661. The molecule has 0 aliphatic heterocycles. The van der Waals surface area contributed by atoms with Gasteiger partial charge in [0.25, 0.3) is 0 Å². The highest BCUT2D eigenvalue weighted by Gasteiger charge is 2.12. The van der Waals surface area contributed by atoms with Gasteiger partial charge in [0.2, 0.25) is 0 Å². The molecule has 0 saturated carbocycles. The lowest BCUT2D eigenvalue weighted by atomic mass is 10.1. The number of halogens is 1. The molecule has 0 unspecified atom stereocenters. The minimum Gasteiger partial charge on any atom is -0.465 e. The van der Waals surface area contributed by atoms with Crippen LogP contribution >= 0.6 is 11.6 Å². The zero-order chi connectivity index (χ0) is 12.8. The summed E-state index contributed by atoms with van der Waals surface area (Å²) in [5.74, 6) is -1.16. The van der Waals surface area contributed by atoms with E-state index in [4.69, 9.17) is 11.6 Å². The fourth-order valence-electron chi connectivity index (χ4n) is 1.21. The summed E-state index contributed by atoms with van der Waals surface area (Å²) in [4.78, 5) is 22.6. The zero-order valence-corrected chi connectivity index (χ0v) is 10.2. The first-order valence-electron chi connectivity index (χ1n) is 4.73. The van der Waals surface area contributed by atoms with Gasteiger partial charge in [0, 0.05) is 0 Å². The third-order valence-electron chi connectivity index (χ3n) is 2.03. The molecule has 0 amide bonds. The zero-order valence-electron chi connectivity index (χ0n) is 9.40. The predicted octanol–water partition coefficient (Wildman–Crippen LogP) is 2.23. The molecule has 0 aliphatic rings. The summed E-state index contributed by atoms with van der Waals surface area (Å²) in [7, 11) is 2.51. The monoisotopic (exact) mass is 254 g/mol. The third kappa shape index (κ3) is 3.32. The van der Waals surface area contributed by atoms with E-state index in [2.05, 4.69) is 9.47 Å². The summed E-state index contributed by atoms with van der Waals surface area (Å²) < 4.78 is 9.07. The number of benzene rings is 1. The van der Waals surface area contributed by atoms with Gasteiger partial charge in [-0.05, 0) is 17.7 Å². The van der Waals surface area contributed by atoms with Crippen LogP contribution in [0.1, 0.15) is 15.9 Å². The Morgan fingerprint density at radius 3 is 2.41 bits per heavy atom. The molecule has 90 valence electrons. The second-order valence-corrected chi connectivity index (χ2v) is 3.47. The number of hydrogen-bond donors (Lipinski definition) is 0. The van der Waals surface area contributed by atoms with Crippen LogP contribution < -0.4 is 0 Å². The molecule has 17 heavy (non-hydrogen) atoms. The van der Waals surface area contributed by atoms with Crippen LogP contribution in [-0.2, 0) is 14.3 Å². The molecule has 0 N–H and O–H groups in total. The van der Waals surface area contributed by atoms with Gasteiger partial charge in [-0.25, -0.2) is 9.59 Å². The van der Waals surface area contributed by atoms with Crippen molar-refractivity contribution >= 4 is 29.6 Å². The molecule has 0 aromatic heterocycles. The highest BCUT2D eigenvalue weighted by Crippen LogP contribution is 2.16. The van der Waals surface area contributed by atoms with Crippen molar-refractivity contribution in [1.29, 1.82) is 0 Å². The number of carbonyl (C=O) groups is 2. The van der Waals surface area contributed by atoms with Crippen LogP contribution in [0.4, 0.5) is 0 Å². The van der Waals surface area contributed by atoms with Gasteiger partial charge in [-0.3, -0.25) is 0 Å². The van der Waals surface area contributed by atoms with Gasteiger partial charge in [-0.2, -0.15) is 0 Å². The summed E-state index contributed by atoms with van der Waals surface area (Å²) in [5.41, 5.74) is 0.826. The molecule has 0 aliphatic carbocycles. The highest BCUT2D eigenvalue weighted by molar-refractivity contribution is 6.43. The van der Waals surface area contributed by atoms with Crippen LogP contribution in [-0.4, -0.2) is 26.2 Å². The maximum atomic E-state index is 11.4. The van der Waals surface area contributed by atoms with E-state index in [1.807, 2.05) is 0 Å². The van der Waals surface area contributed by atoms with Crippen LogP contribution in [0.5, 0.6) is 0 Å². The van der Waals surface area contributed by atoms with Crippen molar-refractivity contribution in [2.24, 2.45) is 0 Å². The smallest absolute Gasteiger partial charge is 0.349 e. The first-order chi connectivity index (χ1) is 8.10. The van der Waals surface area contributed by atoms with E-state index in [1.54, 1.807) is 24.3 Å². The van der Waals surface area contributed by atoms with Crippen molar-refractivity contribution in [3.05, 3.63) is 40.4 Å². The Balaban J connectivity index is 3.14. The molecule has 0 radical (unpaired) electrons. The van der Waals surface area contributed by atoms with Gasteiger partial charge < -0.3 is 9.47 Å². The molecule has 1 aromatic rings. The van der Waals surface area contributed by atoms with Gasteiger partial charge in [-0.1, -0.05) is 29.8 Å². The fraction of sp³-hybridized carbons (Fsp3) is 0.167. The molecule has 0 fully saturated rings. The highest BCUT2D eigenvalue weighted by atomic mass is 35.5. The molecule has 1 rings (SSSR count). The maximum absolute atomic E-state index is 11.4. The van der Waals surface area contributed by atoms with Crippen LogP contribution in [0.3, 0.4) is 0 Å². The van der Waals surface area contributed by atoms with E-state index in [-0.39, 0.29) is 5.03 Å². The van der Waals surface area contributed by atoms with Crippen LogP contribution in [0.25, 0.3) is 6.08 Å². The summed E-state index contributed by atoms with van der Waals surface area (Å²) >= 11 is 5.72. The minimum absolute atomic E-state index is 0.108. The SMILES string of the molecule is COC(=O)/C(Cl)=C/c1ccccc1C(=O)OC. The lowest BCUT2D eigenvalue weighted by Gasteiger charge is -2.04. The lowest BCUT2D eigenvalue weighted by Crippen LogP contribution is -2.04. The van der Waals surface area contributed by atoms with Gasteiger partial charge in [-0.15, -0.1) is 0 Å². The molecule has 0 spiro atoms. The van der Waals surface area contributed by atoms with E-state index in [1.165, 1.54) is 20.3 Å². The molecule has 5 heteroatoms. The number of ether oxygens (including phenoxy) is 2. The first-order valence-corrected chi connectivity index (χ1v) is 5.10. The summed E-state index contributed by atoms with van der Waals surface area (Å²) in [5, 5.41) is -0.108. The van der Waals surface area contributed by atoms with E-state index in [0.29, 0.717) is 11.1 Å². The standard InChI is InChI=1S/C12H11ClO4/c1-16-11(14)9-6-4-3-5-8(9)7-10(13)12(15)17-2/h3-7H,1-2H3/b10-7-. The number of carbonyl (C=O) groups excluding carboxylic acids is 2. The molecular formula is C12H11ClO4. The molecule has 0 heterocycles. The van der Waals surface area contributed by atoms with E-state index in [9.17, 15) is 9.59 Å². The van der Waals surface area contributed by atoms with Crippen molar-refractivity contribution in [3.63, 3.8) is 0 Å². The molecule has 4 nitrogen and oxygen atoms in total. The Bertz CT molecular complexity index is 465. The number of methoxy groups -OCH3 is 2. The van der Waals surface area contributed by atoms with Crippen molar-refractivity contribution in [2.45, 2.75) is 0 Å². The van der Waals surface area contributed by atoms with E-state index < -0.39 is 11.9 Å². The first kappa shape index (κ1) is 13.3. The van der Waals surface area contributed by atoms with Gasteiger partial charge in [0.05, 0.1) is 19.8 Å². The normalized spacial score (nSPS) is 10.9. The second kappa shape index (κ2) is 6.06. The van der Waals surface area contributed by atoms with Crippen LogP contribution in [0, 0.1) is 0 Å². The molecule has 0 atom stereocenters. The van der Waals surface area contributed by atoms with Crippen molar-refractivity contribution in [1.82, 2.24) is 0 Å². The van der Waals surface area contributed by atoms with Gasteiger partial charge in [0.15, 0.2) is 0 Å².